The van der Waals surface area contributed by atoms with Gasteiger partial charge in [0.25, 0.3) is 0 Å². The lowest BCUT2D eigenvalue weighted by Crippen LogP contribution is -2.55. The monoisotopic (exact) mass is 264 g/mol. The second kappa shape index (κ2) is 5.89. The molecule has 0 aromatic heterocycles. The fraction of sp³-hybridized carbons (Fsp3) is 0.857. The number of carbonyl (C=O) groups excluding carboxylic acids is 1. The van der Waals surface area contributed by atoms with E-state index in [-0.39, 0.29) is 11.8 Å². The summed E-state index contributed by atoms with van der Waals surface area (Å²) in [4.78, 5) is 14.0. The summed E-state index contributed by atoms with van der Waals surface area (Å²) < 4.78 is 0. The van der Waals surface area contributed by atoms with Crippen LogP contribution in [0.15, 0.2) is 0 Å². The van der Waals surface area contributed by atoms with Crippen LogP contribution in [0.2, 0.25) is 0 Å². The predicted molar refractivity (Wildman–Crippen MR) is 73.4 cm³/mol. The predicted octanol–water partition coefficient (Wildman–Crippen LogP) is 0.336. The quantitative estimate of drug-likeness (QED) is 0.751. The molecule has 5 nitrogen and oxygen atoms in total. The summed E-state index contributed by atoms with van der Waals surface area (Å²) in [6.07, 6.45) is 4.27. The zero-order chi connectivity index (χ0) is 13.9. The van der Waals surface area contributed by atoms with Crippen LogP contribution in [0.1, 0.15) is 25.7 Å². The van der Waals surface area contributed by atoms with Gasteiger partial charge in [-0.15, -0.1) is 0 Å². The Balaban J connectivity index is 1.98. The Hall–Kier alpha value is -1.12. The molecule has 106 valence electrons. The molecule has 1 aliphatic heterocycles. The van der Waals surface area contributed by atoms with E-state index in [1.54, 1.807) is 7.05 Å². The Bertz CT molecular complexity index is 374. The third-order valence-electron chi connectivity index (χ3n) is 4.52. The average Bonchev–Trinajstić information content (AvgIpc) is 3.29. The van der Waals surface area contributed by atoms with Crippen molar-refractivity contribution in [3.05, 3.63) is 0 Å². The van der Waals surface area contributed by atoms with Crippen LogP contribution in [0, 0.1) is 23.2 Å². The molecule has 0 aromatic rings. The highest BCUT2D eigenvalue weighted by atomic mass is 16.1. The number of rotatable bonds is 5. The largest absolute Gasteiger partial charge is 0.359 e. The highest BCUT2D eigenvalue weighted by molar-refractivity contribution is 5.78. The number of nitriles is 1. The van der Waals surface area contributed by atoms with Crippen molar-refractivity contribution in [2.24, 2.45) is 11.8 Å². The summed E-state index contributed by atoms with van der Waals surface area (Å²) in [5.41, 5.74) is -0.426. The highest BCUT2D eigenvalue weighted by Gasteiger charge is 2.46. The lowest BCUT2D eigenvalue weighted by molar-refractivity contribution is -0.126. The average molecular weight is 264 g/mol. The number of piperidine rings is 1. The topological polar surface area (TPSA) is 68.2 Å². The molecule has 1 amide bonds. The summed E-state index contributed by atoms with van der Waals surface area (Å²) in [5, 5.41) is 15.5. The highest BCUT2D eigenvalue weighted by Crippen LogP contribution is 2.40. The van der Waals surface area contributed by atoms with Crippen molar-refractivity contribution in [2.75, 3.05) is 33.7 Å². The molecule has 0 radical (unpaired) electrons. The summed E-state index contributed by atoms with van der Waals surface area (Å²) in [5.74, 6) is 0.678. The van der Waals surface area contributed by atoms with E-state index in [1.165, 1.54) is 0 Å². The van der Waals surface area contributed by atoms with Gasteiger partial charge in [0.05, 0.1) is 12.0 Å². The number of likely N-dealkylation sites (N-methyl/N-ethyl adjacent to an activating group) is 1. The molecule has 2 unspecified atom stereocenters. The van der Waals surface area contributed by atoms with Crippen molar-refractivity contribution in [1.29, 1.82) is 5.26 Å². The van der Waals surface area contributed by atoms with Gasteiger partial charge in [-0.1, -0.05) is 0 Å². The molecule has 2 N–H and O–H groups in total. The maximum atomic E-state index is 11.7. The zero-order valence-corrected chi connectivity index (χ0v) is 11.9. The summed E-state index contributed by atoms with van der Waals surface area (Å²) >= 11 is 0. The first-order chi connectivity index (χ1) is 9.15. The van der Waals surface area contributed by atoms with Crippen molar-refractivity contribution < 1.29 is 4.79 Å². The molecule has 2 atom stereocenters. The van der Waals surface area contributed by atoms with Gasteiger partial charge in [-0.2, -0.15) is 5.26 Å². The molecule has 1 heterocycles. The molecule has 0 aromatic carbocycles. The minimum atomic E-state index is -0.426. The Morgan fingerprint density at radius 3 is 2.68 bits per heavy atom. The zero-order valence-electron chi connectivity index (χ0n) is 11.9. The molecular formula is C14H24N4O. The third-order valence-corrected chi connectivity index (χ3v) is 4.52. The van der Waals surface area contributed by atoms with E-state index in [9.17, 15) is 10.1 Å². The van der Waals surface area contributed by atoms with Crippen LogP contribution in [-0.4, -0.2) is 50.1 Å². The van der Waals surface area contributed by atoms with E-state index in [0.717, 1.165) is 45.3 Å². The number of nitrogens with one attached hydrogen (secondary N) is 2. The summed E-state index contributed by atoms with van der Waals surface area (Å²) in [6.45, 7) is 2.50. The number of likely N-dealkylation sites (tertiary alicyclic amines) is 1. The molecule has 1 aliphatic carbocycles. The molecular weight excluding hydrogens is 240 g/mol. The van der Waals surface area contributed by atoms with Gasteiger partial charge >= 0.3 is 0 Å². The van der Waals surface area contributed by atoms with Gasteiger partial charge in [0.2, 0.25) is 5.91 Å². The molecule has 2 aliphatic rings. The van der Waals surface area contributed by atoms with Crippen molar-refractivity contribution in [1.82, 2.24) is 15.5 Å². The first-order valence-electron chi connectivity index (χ1n) is 7.19. The Morgan fingerprint density at radius 2 is 2.16 bits per heavy atom. The van der Waals surface area contributed by atoms with E-state index in [1.807, 2.05) is 7.05 Å². The van der Waals surface area contributed by atoms with Crippen molar-refractivity contribution >= 4 is 5.91 Å². The van der Waals surface area contributed by atoms with E-state index in [0.29, 0.717) is 5.92 Å². The first-order valence-corrected chi connectivity index (χ1v) is 7.19. The smallest absolute Gasteiger partial charge is 0.224 e. The minimum absolute atomic E-state index is 0.0752. The first kappa shape index (κ1) is 14.3. The molecule has 1 saturated carbocycles. The fourth-order valence-electron chi connectivity index (χ4n) is 3.14. The van der Waals surface area contributed by atoms with Crippen LogP contribution in [-0.2, 0) is 4.79 Å². The Morgan fingerprint density at radius 1 is 1.42 bits per heavy atom. The number of carbonyl (C=O) groups is 1. The van der Waals surface area contributed by atoms with Crippen LogP contribution >= 0.6 is 0 Å². The van der Waals surface area contributed by atoms with E-state index >= 15 is 0 Å². The second-order valence-electron chi connectivity index (χ2n) is 5.80. The van der Waals surface area contributed by atoms with E-state index in [4.69, 9.17) is 0 Å². The molecule has 0 bridgehead atoms. The van der Waals surface area contributed by atoms with Gasteiger partial charge < -0.3 is 10.6 Å². The summed E-state index contributed by atoms with van der Waals surface area (Å²) in [6, 6.07) is 2.48. The van der Waals surface area contributed by atoms with Crippen LogP contribution in [0.4, 0.5) is 0 Å². The van der Waals surface area contributed by atoms with Crippen molar-refractivity contribution in [2.45, 2.75) is 31.2 Å². The maximum absolute atomic E-state index is 11.7. The van der Waals surface area contributed by atoms with Crippen LogP contribution in [0.25, 0.3) is 0 Å². The lowest BCUT2D eigenvalue weighted by Gasteiger charge is -2.37. The Labute approximate surface area is 115 Å². The number of amides is 1. The van der Waals surface area contributed by atoms with Gasteiger partial charge in [0.15, 0.2) is 0 Å². The SMILES string of the molecule is CNC(=O)C1CCCN(CC(C#N)(NC)C2CC2)C1. The fourth-order valence-corrected chi connectivity index (χ4v) is 3.14. The molecule has 0 spiro atoms. The van der Waals surface area contributed by atoms with Crippen molar-refractivity contribution in [3.63, 3.8) is 0 Å². The normalized spacial score (nSPS) is 27.3. The van der Waals surface area contributed by atoms with Crippen LogP contribution in [0.3, 0.4) is 0 Å². The molecule has 2 rings (SSSR count). The standard InChI is InChI=1S/C14H24N4O/c1-16-13(19)11-4-3-7-18(8-11)10-14(9-15,17-2)12-5-6-12/h11-12,17H,3-8,10H2,1-2H3,(H,16,19). The van der Waals surface area contributed by atoms with Crippen LogP contribution in [0.5, 0.6) is 0 Å². The minimum Gasteiger partial charge on any atom is -0.359 e. The maximum Gasteiger partial charge on any atom is 0.224 e. The number of nitrogens with zero attached hydrogens (tertiary/aromatic N) is 2. The molecule has 1 saturated heterocycles. The number of hydrogen-bond acceptors (Lipinski definition) is 4. The van der Waals surface area contributed by atoms with Gasteiger partial charge in [0, 0.05) is 20.1 Å². The van der Waals surface area contributed by atoms with E-state index < -0.39 is 5.54 Å². The van der Waals surface area contributed by atoms with Crippen LogP contribution < -0.4 is 10.6 Å². The Kier molecular flexibility index (Phi) is 4.43. The molecule has 19 heavy (non-hydrogen) atoms. The van der Waals surface area contributed by atoms with E-state index in [2.05, 4.69) is 21.6 Å². The molecule has 2 fully saturated rings. The molecule has 5 heteroatoms. The number of hydrogen-bond donors (Lipinski definition) is 2. The lowest BCUT2D eigenvalue weighted by atomic mass is 9.91. The van der Waals surface area contributed by atoms with Gasteiger partial charge in [-0.3, -0.25) is 9.69 Å². The van der Waals surface area contributed by atoms with Gasteiger partial charge in [-0.25, -0.2) is 0 Å². The second-order valence-corrected chi connectivity index (χ2v) is 5.80. The van der Waals surface area contributed by atoms with Gasteiger partial charge in [0.1, 0.15) is 5.54 Å². The van der Waals surface area contributed by atoms with Gasteiger partial charge in [-0.05, 0) is 45.2 Å². The third kappa shape index (κ3) is 3.07. The van der Waals surface area contributed by atoms with Crippen molar-refractivity contribution in [3.8, 4) is 6.07 Å². The summed E-state index contributed by atoms with van der Waals surface area (Å²) in [7, 11) is 3.57.